The second-order valence-electron chi connectivity index (χ2n) is 5.89. The minimum atomic E-state index is -0.602. The molecule has 0 saturated carbocycles. The SMILES string of the molecule is Cc1ccc(C(O)C(C)OCCOC(C)(C)C)cc1. The highest BCUT2D eigenvalue weighted by atomic mass is 16.5. The molecule has 0 aliphatic rings. The fourth-order valence-electron chi connectivity index (χ4n) is 1.71. The third-order valence-electron chi connectivity index (χ3n) is 2.86. The first-order chi connectivity index (χ1) is 8.79. The molecule has 19 heavy (non-hydrogen) atoms. The lowest BCUT2D eigenvalue weighted by molar-refractivity contribution is -0.0756. The van der Waals surface area contributed by atoms with E-state index in [1.165, 1.54) is 5.56 Å². The summed E-state index contributed by atoms with van der Waals surface area (Å²) in [5.74, 6) is 0. The van der Waals surface area contributed by atoms with Gasteiger partial charge in [-0.2, -0.15) is 0 Å². The standard InChI is InChI=1S/C16H26O3/c1-12-6-8-14(9-7-12)15(17)13(2)18-10-11-19-16(3,4)5/h6-9,13,15,17H,10-11H2,1-5H3. The Labute approximate surface area is 116 Å². The Balaban J connectivity index is 2.36. The number of hydrogen-bond donors (Lipinski definition) is 1. The summed E-state index contributed by atoms with van der Waals surface area (Å²) < 4.78 is 11.2. The molecule has 0 bridgehead atoms. The second-order valence-corrected chi connectivity index (χ2v) is 5.89. The highest BCUT2D eigenvalue weighted by Crippen LogP contribution is 2.19. The summed E-state index contributed by atoms with van der Waals surface area (Å²) in [5, 5.41) is 10.2. The second kappa shape index (κ2) is 7.04. The van der Waals surface area contributed by atoms with Gasteiger partial charge in [0.05, 0.1) is 24.9 Å². The highest BCUT2D eigenvalue weighted by molar-refractivity contribution is 5.23. The van der Waals surface area contributed by atoms with Gasteiger partial charge in [-0.3, -0.25) is 0 Å². The van der Waals surface area contributed by atoms with Crippen LogP contribution < -0.4 is 0 Å². The molecule has 0 spiro atoms. The zero-order chi connectivity index (χ0) is 14.5. The van der Waals surface area contributed by atoms with E-state index in [4.69, 9.17) is 9.47 Å². The predicted molar refractivity (Wildman–Crippen MR) is 77.3 cm³/mol. The Bertz CT molecular complexity index is 365. The van der Waals surface area contributed by atoms with Crippen molar-refractivity contribution in [3.05, 3.63) is 35.4 Å². The average molecular weight is 266 g/mol. The monoisotopic (exact) mass is 266 g/mol. The molecule has 0 fully saturated rings. The van der Waals surface area contributed by atoms with E-state index in [1.54, 1.807) is 0 Å². The van der Waals surface area contributed by atoms with E-state index in [-0.39, 0.29) is 11.7 Å². The summed E-state index contributed by atoms with van der Waals surface area (Å²) >= 11 is 0. The maximum atomic E-state index is 10.2. The summed E-state index contributed by atoms with van der Waals surface area (Å²) in [6, 6.07) is 7.86. The molecule has 1 aromatic carbocycles. The number of rotatable bonds is 6. The van der Waals surface area contributed by atoms with Crippen LogP contribution in [0.25, 0.3) is 0 Å². The van der Waals surface area contributed by atoms with Crippen LogP contribution in [-0.4, -0.2) is 30.0 Å². The van der Waals surface area contributed by atoms with Gasteiger partial charge in [-0.25, -0.2) is 0 Å². The Kier molecular flexibility index (Phi) is 5.98. The van der Waals surface area contributed by atoms with Crippen molar-refractivity contribution in [2.75, 3.05) is 13.2 Å². The van der Waals surface area contributed by atoms with Crippen LogP contribution in [0.2, 0.25) is 0 Å². The average Bonchev–Trinajstić information content (AvgIpc) is 2.33. The van der Waals surface area contributed by atoms with Crippen LogP contribution >= 0.6 is 0 Å². The third-order valence-corrected chi connectivity index (χ3v) is 2.86. The number of ether oxygens (including phenoxy) is 2. The van der Waals surface area contributed by atoms with Crippen molar-refractivity contribution in [2.45, 2.75) is 52.4 Å². The van der Waals surface area contributed by atoms with Gasteiger partial charge < -0.3 is 14.6 Å². The first-order valence-corrected chi connectivity index (χ1v) is 6.80. The summed E-state index contributed by atoms with van der Waals surface area (Å²) in [6.45, 7) is 11.0. The van der Waals surface area contributed by atoms with E-state index in [1.807, 2.05) is 58.9 Å². The van der Waals surface area contributed by atoms with Gasteiger partial charge in [-0.1, -0.05) is 29.8 Å². The van der Waals surface area contributed by atoms with E-state index >= 15 is 0 Å². The summed E-state index contributed by atoms with van der Waals surface area (Å²) in [6.07, 6.45) is -0.846. The molecule has 3 heteroatoms. The summed E-state index contributed by atoms with van der Waals surface area (Å²) in [7, 11) is 0. The van der Waals surface area contributed by atoms with Gasteiger partial charge in [0.2, 0.25) is 0 Å². The number of benzene rings is 1. The molecule has 0 aliphatic carbocycles. The summed E-state index contributed by atoms with van der Waals surface area (Å²) in [4.78, 5) is 0. The van der Waals surface area contributed by atoms with Crippen molar-refractivity contribution in [3.8, 4) is 0 Å². The van der Waals surface area contributed by atoms with Crippen LogP contribution in [0, 0.1) is 6.92 Å². The van der Waals surface area contributed by atoms with E-state index in [0.717, 1.165) is 5.56 Å². The van der Waals surface area contributed by atoms with Gasteiger partial charge in [0.25, 0.3) is 0 Å². The minimum Gasteiger partial charge on any atom is -0.386 e. The van der Waals surface area contributed by atoms with Gasteiger partial charge >= 0.3 is 0 Å². The number of hydrogen-bond acceptors (Lipinski definition) is 3. The fourth-order valence-corrected chi connectivity index (χ4v) is 1.71. The maximum absolute atomic E-state index is 10.2. The molecule has 0 saturated heterocycles. The van der Waals surface area contributed by atoms with Gasteiger partial charge in [0.1, 0.15) is 6.10 Å². The molecule has 0 heterocycles. The minimum absolute atomic E-state index is 0.151. The predicted octanol–water partition coefficient (Wildman–Crippen LogP) is 3.25. The van der Waals surface area contributed by atoms with Crippen molar-refractivity contribution in [2.24, 2.45) is 0 Å². The molecule has 3 nitrogen and oxygen atoms in total. The quantitative estimate of drug-likeness (QED) is 0.803. The highest BCUT2D eigenvalue weighted by Gasteiger charge is 2.17. The van der Waals surface area contributed by atoms with Crippen LogP contribution in [0.1, 0.15) is 44.9 Å². The molecule has 1 rings (SSSR count). The van der Waals surface area contributed by atoms with Crippen molar-refractivity contribution >= 4 is 0 Å². The van der Waals surface area contributed by atoms with Crippen LogP contribution in [0.4, 0.5) is 0 Å². The molecule has 0 aliphatic heterocycles. The van der Waals surface area contributed by atoms with Crippen molar-refractivity contribution < 1.29 is 14.6 Å². The van der Waals surface area contributed by atoms with Crippen LogP contribution in [0.3, 0.4) is 0 Å². The molecule has 1 N–H and O–H groups in total. The lowest BCUT2D eigenvalue weighted by Gasteiger charge is -2.23. The van der Waals surface area contributed by atoms with E-state index < -0.39 is 6.10 Å². The normalized spacial score (nSPS) is 15.3. The fraction of sp³-hybridized carbons (Fsp3) is 0.625. The van der Waals surface area contributed by atoms with Gasteiger partial charge in [0, 0.05) is 0 Å². The maximum Gasteiger partial charge on any atom is 0.105 e. The van der Waals surface area contributed by atoms with Gasteiger partial charge in [-0.05, 0) is 40.2 Å². The lowest BCUT2D eigenvalue weighted by atomic mass is 10.0. The number of aliphatic hydroxyl groups excluding tert-OH is 1. The molecule has 0 amide bonds. The largest absolute Gasteiger partial charge is 0.386 e. The van der Waals surface area contributed by atoms with Crippen molar-refractivity contribution in [1.82, 2.24) is 0 Å². The molecular weight excluding hydrogens is 240 g/mol. The first kappa shape index (κ1) is 16.2. The topological polar surface area (TPSA) is 38.7 Å². The number of aliphatic hydroxyl groups is 1. The molecule has 108 valence electrons. The van der Waals surface area contributed by atoms with E-state index in [0.29, 0.717) is 13.2 Å². The Morgan fingerprint density at radius 2 is 1.68 bits per heavy atom. The Morgan fingerprint density at radius 1 is 1.11 bits per heavy atom. The van der Waals surface area contributed by atoms with Gasteiger partial charge in [-0.15, -0.1) is 0 Å². The van der Waals surface area contributed by atoms with Crippen LogP contribution in [0.15, 0.2) is 24.3 Å². The smallest absolute Gasteiger partial charge is 0.105 e. The zero-order valence-corrected chi connectivity index (χ0v) is 12.6. The van der Waals surface area contributed by atoms with Gasteiger partial charge in [0.15, 0.2) is 0 Å². The summed E-state index contributed by atoms with van der Waals surface area (Å²) in [5.41, 5.74) is 1.92. The zero-order valence-electron chi connectivity index (χ0n) is 12.6. The lowest BCUT2D eigenvalue weighted by Crippen LogP contribution is -2.25. The molecule has 1 aromatic rings. The molecule has 2 unspecified atom stereocenters. The first-order valence-electron chi connectivity index (χ1n) is 6.80. The van der Waals surface area contributed by atoms with E-state index in [2.05, 4.69) is 0 Å². The molecule has 0 radical (unpaired) electrons. The van der Waals surface area contributed by atoms with Crippen molar-refractivity contribution in [3.63, 3.8) is 0 Å². The molecule has 0 aromatic heterocycles. The van der Waals surface area contributed by atoms with Crippen molar-refractivity contribution in [1.29, 1.82) is 0 Å². The Hall–Kier alpha value is -0.900. The number of aryl methyl sites for hydroxylation is 1. The molecular formula is C16H26O3. The van der Waals surface area contributed by atoms with E-state index in [9.17, 15) is 5.11 Å². The molecule has 2 atom stereocenters. The van der Waals surface area contributed by atoms with Crippen LogP contribution in [-0.2, 0) is 9.47 Å². The Morgan fingerprint density at radius 3 is 2.21 bits per heavy atom. The third kappa shape index (κ3) is 6.19. The van der Waals surface area contributed by atoms with Crippen LogP contribution in [0.5, 0.6) is 0 Å².